The quantitative estimate of drug-likeness (QED) is 0.847. The van der Waals surface area contributed by atoms with Crippen LogP contribution in [0.15, 0.2) is 35.0 Å². The highest BCUT2D eigenvalue weighted by Gasteiger charge is 2.39. The van der Waals surface area contributed by atoms with Crippen LogP contribution < -0.4 is 5.32 Å². The Balaban J connectivity index is 1.77. The van der Waals surface area contributed by atoms with Gasteiger partial charge >= 0.3 is 0 Å². The number of benzene rings is 1. The summed E-state index contributed by atoms with van der Waals surface area (Å²) in [5.41, 5.74) is 5.43. The second kappa shape index (κ2) is 5.47. The Morgan fingerprint density at radius 3 is 3.10 bits per heavy atom. The lowest BCUT2D eigenvalue weighted by Gasteiger charge is -2.43. The molecule has 0 spiro atoms. The normalized spacial score (nSPS) is 27.6. The van der Waals surface area contributed by atoms with Gasteiger partial charge < -0.3 is 10.1 Å². The van der Waals surface area contributed by atoms with Gasteiger partial charge in [0.2, 0.25) is 0 Å². The molecular weight excluding hydrogens is 278 g/mol. The predicted molar refractivity (Wildman–Crippen MR) is 87.9 cm³/mol. The third-order valence-electron chi connectivity index (χ3n) is 4.84. The molecule has 3 atom stereocenters. The first kappa shape index (κ1) is 13.4. The standard InChI is InChI=1S/C18H21NOS/c1-2-12-5-6-16-15(10-12)18-14(4-3-8-20-18)17(19-16)13-7-9-21-11-13/h5-7,9-11,14,17-19H,2-4,8H2,1H3/t14-,17-,18?/m0/s1. The Kier molecular flexibility index (Phi) is 3.48. The van der Waals surface area contributed by atoms with E-state index in [1.54, 1.807) is 11.3 Å². The maximum Gasteiger partial charge on any atom is 0.0895 e. The highest BCUT2D eigenvalue weighted by molar-refractivity contribution is 7.08. The third-order valence-corrected chi connectivity index (χ3v) is 5.54. The summed E-state index contributed by atoms with van der Waals surface area (Å²) in [6, 6.07) is 9.46. The van der Waals surface area contributed by atoms with Crippen molar-refractivity contribution in [1.29, 1.82) is 0 Å². The average molecular weight is 299 g/mol. The zero-order chi connectivity index (χ0) is 14.2. The van der Waals surface area contributed by atoms with E-state index in [1.165, 1.54) is 35.2 Å². The van der Waals surface area contributed by atoms with Crippen molar-refractivity contribution in [1.82, 2.24) is 0 Å². The van der Waals surface area contributed by atoms with E-state index in [9.17, 15) is 0 Å². The second-order valence-corrected chi connectivity index (χ2v) is 6.83. The minimum atomic E-state index is 0.256. The molecule has 0 bridgehead atoms. The molecule has 3 heterocycles. The number of nitrogens with one attached hydrogen (secondary N) is 1. The number of hydrogen-bond acceptors (Lipinski definition) is 3. The lowest BCUT2D eigenvalue weighted by molar-refractivity contribution is -0.0381. The van der Waals surface area contributed by atoms with Crippen LogP contribution in [-0.2, 0) is 11.2 Å². The lowest BCUT2D eigenvalue weighted by atomic mass is 9.77. The predicted octanol–water partition coefficient (Wildman–Crippen LogP) is 4.95. The molecule has 2 aromatic rings. The molecule has 2 aliphatic heterocycles. The summed E-state index contributed by atoms with van der Waals surface area (Å²) in [4.78, 5) is 0. The van der Waals surface area contributed by atoms with Gasteiger partial charge in [-0.05, 0) is 53.3 Å². The summed E-state index contributed by atoms with van der Waals surface area (Å²) in [6.07, 6.45) is 3.75. The Hall–Kier alpha value is -1.32. The Bertz CT molecular complexity index is 622. The smallest absolute Gasteiger partial charge is 0.0895 e. The van der Waals surface area contributed by atoms with Gasteiger partial charge in [-0.25, -0.2) is 0 Å². The largest absolute Gasteiger partial charge is 0.378 e. The van der Waals surface area contributed by atoms with Crippen LogP contribution in [0.2, 0.25) is 0 Å². The number of thiophene rings is 1. The SMILES string of the molecule is CCc1ccc2c(c1)C1OCCC[C@H]1[C@H](c1ccsc1)N2. The van der Waals surface area contributed by atoms with Crippen LogP contribution in [0.1, 0.15) is 48.6 Å². The van der Waals surface area contributed by atoms with E-state index in [1.807, 2.05) is 0 Å². The van der Waals surface area contributed by atoms with Gasteiger partial charge in [0.15, 0.2) is 0 Å². The van der Waals surface area contributed by atoms with Crippen molar-refractivity contribution in [2.45, 2.75) is 38.3 Å². The zero-order valence-corrected chi connectivity index (χ0v) is 13.2. The van der Waals surface area contributed by atoms with Gasteiger partial charge in [-0.1, -0.05) is 19.1 Å². The van der Waals surface area contributed by atoms with E-state index in [0.29, 0.717) is 12.0 Å². The van der Waals surface area contributed by atoms with E-state index < -0.39 is 0 Å². The maximum absolute atomic E-state index is 6.20. The van der Waals surface area contributed by atoms with E-state index in [2.05, 4.69) is 47.3 Å². The Morgan fingerprint density at radius 1 is 1.33 bits per heavy atom. The number of fused-ring (bicyclic) bond motifs is 3. The van der Waals surface area contributed by atoms with Crippen LogP contribution in [-0.4, -0.2) is 6.61 Å². The molecule has 2 aliphatic rings. The van der Waals surface area contributed by atoms with E-state index in [-0.39, 0.29) is 6.10 Å². The molecule has 0 aliphatic carbocycles. The van der Waals surface area contributed by atoms with Gasteiger partial charge in [-0.2, -0.15) is 11.3 Å². The summed E-state index contributed by atoms with van der Waals surface area (Å²) in [5, 5.41) is 8.22. The maximum atomic E-state index is 6.20. The Labute approximate surface area is 130 Å². The van der Waals surface area contributed by atoms with Crippen molar-refractivity contribution in [3.05, 3.63) is 51.7 Å². The molecule has 1 saturated heterocycles. The minimum absolute atomic E-state index is 0.256. The fraction of sp³-hybridized carbons (Fsp3) is 0.444. The molecule has 3 heteroatoms. The molecular formula is C18H21NOS. The highest BCUT2D eigenvalue weighted by atomic mass is 32.1. The number of ether oxygens (including phenoxy) is 1. The fourth-order valence-corrected chi connectivity index (χ4v) is 4.42. The molecule has 0 amide bonds. The molecule has 0 radical (unpaired) electrons. The fourth-order valence-electron chi connectivity index (χ4n) is 3.72. The van der Waals surface area contributed by atoms with Gasteiger partial charge in [0.1, 0.15) is 0 Å². The van der Waals surface area contributed by atoms with Crippen LogP contribution in [0.4, 0.5) is 5.69 Å². The van der Waals surface area contributed by atoms with E-state index >= 15 is 0 Å². The van der Waals surface area contributed by atoms with Gasteiger partial charge in [0.05, 0.1) is 12.1 Å². The minimum Gasteiger partial charge on any atom is -0.378 e. The first-order valence-corrected chi connectivity index (χ1v) is 8.84. The monoisotopic (exact) mass is 299 g/mol. The van der Waals surface area contributed by atoms with Crippen LogP contribution >= 0.6 is 11.3 Å². The molecule has 1 aromatic carbocycles. The van der Waals surface area contributed by atoms with Crippen molar-refractivity contribution in [3.8, 4) is 0 Å². The van der Waals surface area contributed by atoms with Crippen LogP contribution in [0.5, 0.6) is 0 Å². The zero-order valence-electron chi connectivity index (χ0n) is 12.3. The molecule has 0 saturated carbocycles. The highest BCUT2D eigenvalue weighted by Crippen LogP contribution is 2.49. The van der Waals surface area contributed by atoms with Crippen LogP contribution in [0.3, 0.4) is 0 Å². The molecule has 1 N–H and O–H groups in total. The number of hydrogen-bond donors (Lipinski definition) is 1. The summed E-state index contributed by atoms with van der Waals surface area (Å²) < 4.78 is 6.20. The molecule has 2 nitrogen and oxygen atoms in total. The lowest BCUT2D eigenvalue weighted by Crippen LogP contribution is -2.35. The molecule has 21 heavy (non-hydrogen) atoms. The average Bonchev–Trinajstić information content (AvgIpc) is 3.08. The Morgan fingerprint density at radius 2 is 2.29 bits per heavy atom. The molecule has 1 fully saturated rings. The van der Waals surface area contributed by atoms with Crippen LogP contribution in [0.25, 0.3) is 0 Å². The summed E-state index contributed by atoms with van der Waals surface area (Å²) in [5.74, 6) is 0.549. The van der Waals surface area contributed by atoms with Crippen molar-refractivity contribution in [2.24, 2.45) is 5.92 Å². The first-order chi connectivity index (χ1) is 10.4. The van der Waals surface area contributed by atoms with E-state index in [0.717, 1.165) is 13.0 Å². The third kappa shape index (κ3) is 2.29. The first-order valence-electron chi connectivity index (χ1n) is 7.90. The van der Waals surface area contributed by atoms with Crippen molar-refractivity contribution >= 4 is 17.0 Å². The number of aryl methyl sites for hydroxylation is 1. The number of rotatable bonds is 2. The van der Waals surface area contributed by atoms with Gasteiger partial charge in [0.25, 0.3) is 0 Å². The molecule has 1 unspecified atom stereocenters. The van der Waals surface area contributed by atoms with Crippen molar-refractivity contribution in [3.63, 3.8) is 0 Å². The van der Waals surface area contributed by atoms with Gasteiger partial charge in [-0.3, -0.25) is 0 Å². The number of anilines is 1. The van der Waals surface area contributed by atoms with E-state index in [4.69, 9.17) is 4.74 Å². The van der Waals surface area contributed by atoms with Crippen molar-refractivity contribution in [2.75, 3.05) is 11.9 Å². The molecule has 4 rings (SSSR count). The van der Waals surface area contributed by atoms with Gasteiger partial charge in [-0.15, -0.1) is 0 Å². The summed E-state index contributed by atoms with van der Waals surface area (Å²) in [7, 11) is 0. The second-order valence-electron chi connectivity index (χ2n) is 6.05. The topological polar surface area (TPSA) is 21.3 Å². The van der Waals surface area contributed by atoms with Crippen LogP contribution in [0, 0.1) is 5.92 Å². The molecule has 110 valence electrons. The van der Waals surface area contributed by atoms with Gasteiger partial charge in [0, 0.05) is 23.8 Å². The summed E-state index contributed by atoms with van der Waals surface area (Å²) in [6.45, 7) is 3.11. The summed E-state index contributed by atoms with van der Waals surface area (Å²) >= 11 is 1.78. The van der Waals surface area contributed by atoms with Crippen molar-refractivity contribution < 1.29 is 4.74 Å². The molecule has 1 aromatic heterocycles.